The predicted molar refractivity (Wildman–Crippen MR) is 85.7 cm³/mol. The van der Waals surface area contributed by atoms with Gasteiger partial charge in [0.15, 0.2) is 0 Å². The number of ether oxygens (including phenoxy) is 1. The summed E-state index contributed by atoms with van der Waals surface area (Å²) in [5, 5.41) is 0.249. The van der Waals surface area contributed by atoms with E-state index in [9.17, 15) is 8.42 Å². The van der Waals surface area contributed by atoms with Crippen LogP contribution in [0.15, 0.2) is 18.2 Å². The zero-order chi connectivity index (χ0) is 15.5. The zero-order valence-electron chi connectivity index (χ0n) is 12.2. The van der Waals surface area contributed by atoms with E-state index in [0.29, 0.717) is 30.2 Å². The SMILES string of the molecule is CS(=O)(=O)C1CCCC(Oc2c(Cl)cccc2CCN)C1. The third-order valence-corrected chi connectivity index (χ3v) is 5.87. The van der Waals surface area contributed by atoms with Crippen molar-refractivity contribution in [2.45, 2.75) is 43.5 Å². The molecule has 1 aliphatic rings. The van der Waals surface area contributed by atoms with E-state index >= 15 is 0 Å². The van der Waals surface area contributed by atoms with E-state index in [1.807, 2.05) is 12.1 Å². The van der Waals surface area contributed by atoms with Crippen LogP contribution in [-0.2, 0) is 16.3 Å². The fourth-order valence-corrected chi connectivity index (χ4v) is 4.20. The first-order chi connectivity index (χ1) is 9.91. The van der Waals surface area contributed by atoms with Crippen LogP contribution in [0.2, 0.25) is 5.02 Å². The maximum Gasteiger partial charge on any atom is 0.150 e. The van der Waals surface area contributed by atoms with Gasteiger partial charge in [0.05, 0.1) is 10.3 Å². The van der Waals surface area contributed by atoms with Gasteiger partial charge in [0.2, 0.25) is 0 Å². The molecule has 4 nitrogen and oxygen atoms in total. The van der Waals surface area contributed by atoms with E-state index in [1.165, 1.54) is 6.26 Å². The highest BCUT2D eigenvalue weighted by atomic mass is 35.5. The molecule has 0 amide bonds. The van der Waals surface area contributed by atoms with Crippen LogP contribution in [-0.4, -0.2) is 32.6 Å². The Morgan fingerprint density at radius 2 is 2.14 bits per heavy atom. The fourth-order valence-electron chi connectivity index (χ4n) is 2.80. The molecule has 0 heterocycles. The summed E-state index contributed by atoms with van der Waals surface area (Å²) < 4.78 is 29.5. The van der Waals surface area contributed by atoms with Crippen molar-refractivity contribution in [2.75, 3.05) is 12.8 Å². The third kappa shape index (κ3) is 4.34. The molecule has 21 heavy (non-hydrogen) atoms. The molecule has 2 unspecified atom stereocenters. The third-order valence-electron chi connectivity index (χ3n) is 3.93. The largest absolute Gasteiger partial charge is 0.489 e. The van der Waals surface area contributed by atoms with Crippen LogP contribution in [0.1, 0.15) is 31.2 Å². The highest BCUT2D eigenvalue weighted by Crippen LogP contribution is 2.33. The molecule has 1 aliphatic carbocycles. The number of nitrogens with two attached hydrogens (primary N) is 1. The van der Waals surface area contributed by atoms with Crippen molar-refractivity contribution >= 4 is 21.4 Å². The predicted octanol–water partition coefficient (Wildman–Crippen LogP) is 2.58. The fraction of sp³-hybridized carbons (Fsp3) is 0.600. The maximum absolute atomic E-state index is 11.7. The summed E-state index contributed by atoms with van der Waals surface area (Å²) in [5.74, 6) is 0.656. The minimum Gasteiger partial charge on any atom is -0.489 e. The van der Waals surface area contributed by atoms with E-state index in [-0.39, 0.29) is 11.4 Å². The summed E-state index contributed by atoms with van der Waals surface area (Å²) in [6.07, 6.45) is 4.87. The van der Waals surface area contributed by atoms with Gasteiger partial charge in [0, 0.05) is 12.7 Å². The molecule has 2 atom stereocenters. The molecule has 0 spiro atoms. The summed E-state index contributed by atoms with van der Waals surface area (Å²) >= 11 is 6.23. The van der Waals surface area contributed by atoms with Crippen LogP contribution < -0.4 is 10.5 Å². The summed E-state index contributed by atoms with van der Waals surface area (Å²) in [6.45, 7) is 0.521. The second-order valence-corrected chi connectivity index (χ2v) is 8.36. The van der Waals surface area contributed by atoms with Crippen LogP contribution in [0.5, 0.6) is 5.75 Å². The summed E-state index contributed by atoms with van der Waals surface area (Å²) in [4.78, 5) is 0. The molecule has 2 rings (SSSR count). The van der Waals surface area contributed by atoms with Crippen molar-refractivity contribution in [1.29, 1.82) is 0 Å². The number of halogens is 1. The summed E-state index contributed by atoms with van der Waals surface area (Å²) in [6, 6.07) is 5.61. The minimum absolute atomic E-state index is 0.102. The average molecular weight is 332 g/mol. The summed E-state index contributed by atoms with van der Waals surface area (Å²) in [7, 11) is -3.01. The molecular formula is C15H22ClNO3S. The van der Waals surface area contributed by atoms with E-state index in [4.69, 9.17) is 22.1 Å². The Kier molecular flexibility index (Phi) is 5.52. The van der Waals surface area contributed by atoms with Gasteiger partial charge >= 0.3 is 0 Å². The second kappa shape index (κ2) is 6.99. The molecule has 1 aromatic carbocycles. The molecule has 0 saturated heterocycles. The second-order valence-electron chi connectivity index (χ2n) is 5.62. The van der Waals surface area contributed by atoms with Gasteiger partial charge < -0.3 is 10.5 Å². The number of para-hydroxylation sites is 1. The summed E-state index contributed by atoms with van der Waals surface area (Å²) in [5.41, 5.74) is 6.59. The highest BCUT2D eigenvalue weighted by molar-refractivity contribution is 7.91. The van der Waals surface area contributed by atoms with Gasteiger partial charge in [-0.1, -0.05) is 23.7 Å². The molecule has 0 bridgehead atoms. The number of sulfone groups is 1. The van der Waals surface area contributed by atoms with Gasteiger partial charge in [0.25, 0.3) is 0 Å². The molecule has 1 saturated carbocycles. The minimum atomic E-state index is -3.01. The molecule has 0 radical (unpaired) electrons. The maximum atomic E-state index is 11.7. The van der Waals surface area contributed by atoms with Gasteiger partial charge in [-0.15, -0.1) is 0 Å². The number of benzene rings is 1. The first kappa shape index (κ1) is 16.6. The standard InChI is InChI=1S/C15H22ClNO3S/c1-21(18,19)13-6-3-5-12(10-13)20-15-11(8-9-17)4-2-7-14(15)16/h2,4,7,12-13H,3,5-6,8-10,17H2,1H3. The van der Waals surface area contributed by atoms with Crippen molar-refractivity contribution in [1.82, 2.24) is 0 Å². The average Bonchev–Trinajstić information content (AvgIpc) is 2.42. The van der Waals surface area contributed by atoms with Crippen LogP contribution in [0.25, 0.3) is 0 Å². The Morgan fingerprint density at radius 3 is 2.81 bits per heavy atom. The Hall–Kier alpha value is -0.780. The van der Waals surface area contributed by atoms with Crippen molar-refractivity contribution in [3.8, 4) is 5.75 Å². The number of hydrogen-bond acceptors (Lipinski definition) is 4. The van der Waals surface area contributed by atoms with E-state index in [1.54, 1.807) is 6.07 Å². The van der Waals surface area contributed by atoms with E-state index in [2.05, 4.69) is 0 Å². The molecule has 118 valence electrons. The molecule has 6 heteroatoms. The lowest BCUT2D eigenvalue weighted by Crippen LogP contribution is -2.33. The van der Waals surface area contributed by atoms with Gasteiger partial charge in [-0.25, -0.2) is 8.42 Å². The lowest BCUT2D eigenvalue weighted by Gasteiger charge is -2.29. The monoisotopic (exact) mass is 331 g/mol. The molecule has 2 N–H and O–H groups in total. The van der Waals surface area contributed by atoms with Crippen molar-refractivity contribution in [3.05, 3.63) is 28.8 Å². The quantitative estimate of drug-likeness (QED) is 0.900. The van der Waals surface area contributed by atoms with Crippen molar-refractivity contribution in [3.63, 3.8) is 0 Å². The zero-order valence-corrected chi connectivity index (χ0v) is 13.8. The van der Waals surface area contributed by atoms with Crippen molar-refractivity contribution in [2.24, 2.45) is 5.73 Å². The first-order valence-electron chi connectivity index (χ1n) is 7.24. The van der Waals surface area contributed by atoms with Crippen LogP contribution in [0.3, 0.4) is 0 Å². The molecule has 0 aliphatic heterocycles. The first-order valence-corrected chi connectivity index (χ1v) is 9.58. The van der Waals surface area contributed by atoms with Gasteiger partial charge in [0.1, 0.15) is 21.7 Å². The molecule has 0 aromatic heterocycles. The Morgan fingerprint density at radius 1 is 1.38 bits per heavy atom. The number of hydrogen-bond donors (Lipinski definition) is 1. The molecule has 1 aromatic rings. The van der Waals surface area contributed by atoms with Gasteiger partial charge in [-0.3, -0.25) is 0 Å². The molecule has 1 fully saturated rings. The lowest BCUT2D eigenvalue weighted by atomic mass is 9.97. The Labute approximate surface area is 131 Å². The molecular weight excluding hydrogens is 310 g/mol. The Balaban J connectivity index is 2.14. The van der Waals surface area contributed by atoms with E-state index < -0.39 is 9.84 Å². The van der Waals surface area contributed by atoms with Crippen LogP contribution in [0.4, 0.5) is 0 Å². The highest BCUT2D eigenvalue weighted by Gasteiger charge is 2.30. The lowest BCUT2D eigenvalue weighted by molar-refractivity contribution is 0.155. The van der Waals surface area contributed by atoms with Crippen LogP contribution >= 0.6 is 11.6 Å². The number of rotatable bonds is 5. The van der Waals surface area contributed by atoms with Crippen molar-refractivity contribution < 1.29 is 13.2 Å². The normalized spacial score (nSPS) is 23.0. The topological polar surface area (TPSA) is 69.4 Å². The smallest absolute Gasteiger partial charge is 0.150 e. The van der Waals surface area contributed by atoms with E-state index in [0.717, 1.165) is 24.8 Å². The van der Waals surface area contributed by atoms with Gasteiger partial charge in [-0.05, 0) is 43.9 Å². The Bertz CT molecular complexity index is 589. The van der Waals surface area contributed by atoms with Crippen LogP contribution in [0, 0.1) is 0 Å². The van der Waals surface area contributed by atoms with Gasteiger partial charge in [-0.2, -0.15) is 0 Å².